The Morgan fingerprint density at radius 1 is 1.50 bits per heavy atom. The number of rotatable bonds is 1. The molecule has 0 spiro atoms. The number of nitrogens with zero attached hydrogens (tertiary/aromatic N) is 1. The minimum absolute atomic E-state index is 0.492. The molecule has 2 rings (SSSR count). The zero-order valence-corrected chi connectivity index (χ0v) is 9.97. The lowest BCUT2D eigenvalue weighted by atomic mass is 9.96. The Hall–Kier alpha value is -0.410. The fraction of sp³-hybridized carbons (Fsp3) is 0.545. The summed E-state index contributed by atoms with van der Waals surface area (Å²) in [6, 6.07) is 2.57. The quantitative estimate of drug-likeness (QED) is 0.780. The minimum Gasteiger partial charge on any atom is -0.310 e. The van der Waals surface area contributed by atoms with E-state index < -0.39 is 0 Å². The van der Waals surface area contributed by atoms with Gasteiger partial charge in [0.1, 0.15) is 4.60 Å². The van der Waals surface area contributed by atoms with Crippen LogP contribution in [-0.4, -0.2) is 11.5 Å². The van der Waals surface area contributed by atoms with Crippen molar-refractivity contribution in [2.24, 2.45) is 0 Å². The van der Waals surface area contributed by atoms with Crippen LogP contribution in [0.4, 0.5) is 0 Å². The molecule has 1 aromatic heterocycles. The molecule has 1 aliphatic rings. The second-order valence-corrected chi connectivity index (χ2v) is 4.59. The predicted octanol–water partition coefficient (Wildman–Crippen LogP) is 2.97. The van der Waals surface area contributed by atoms with E-state index in [0.717, 1.165) is 11.1 Å². The highest BCUT2D eigenvalue weighted by molar-refractivity contribution is 9.10. The molecule has 1 atom stereocenters. The van der Waals surface area contributed by atoms with Crippen molar-refractivity contribution in [2.45, 2.75) is 32.2 Å². The molecule has 1 aliphatic heterocycles. The first kappa shape index (κ1) is 10.1. The molecule has 2 nitrogen and oxygen atoms in total. The van der Waals surface area contributed by atoms with Crippen LogP contribution < -0.4 is 5.32 Å². The van der Waals surface area contributed by atoms with Gasteiger partial charge in [0, 0.05) is 17.8 Å². The number of nitrogens with one attached hydrogen (secondary N) is 1. The van der Waals surface area contributed by atoms with E-state index >= 15 is 0 Å². The topological polar surface area (TPSA) is 24.9 Å². The Bertz CT molecular complexity index is 299. The van der Waals surface area contributed by atoms with Crippen LogP contribution in [-0.2, 0) is 0 Å². The first-order valence-electron chi connectivity index (χ1n) is 5.13. The third kappa shape index (κ3) is 1.98. The standard InChI is InChI=1S/C11H15BrN2/c1-8-5-7-14-11(12)10(8)9-4-2-3-6-13-9/h5,7,9,13H,2-4,6H2,1H3/t9-/m1/s1. The molecule has 0 bridgehead atoms. The molecule has 14 heavy (non-hydrogen) atoms. The Morgan fingerprint density at radius 3 is 3.00 bits per heavy atom. The summed E-state index contributed by atoms with van der Waals surface area (Å²) in [4.78, 5) is 4.29. The molecule has 0 radical (unpaired) electrons. The van der Waals surface area contributed by atoms with Gasteiger partial charge in [-0.3, -0.25) is 0 Å². The molecular weight excluding hydrogens is 240 g/mol. The summed E-state index contributed by atoms with van der Waals surface area (Å²) in [5.74, 6) is 0. The van der Waals surface area contributed by atoms with Gasteiger partial charge in [0.15, 0.2) is 0 Å². The minimum atomic E-state index is 0.492. The molecule has 0 unspecified atom stereocenters. The van der Waals surface area contributed by atoms with Crippen molar-refractivity contribution in [1.29, 1.82) is 0 Å². The summed E-state index contributed by atoms with van der Waals surface area (Å²) in [7, 11) is 0. The van der Waals surface area contributed by atoms with Gasteiger partial charge >= 0.3 is 0 Å². The SMILES string of the molecule is Cc1ccnc(Br)c1[C@H]1CCCCN1. The van der Waals surface area contributed by atoms with Gasteiger partial charge < -0.3 is 5.32 Å². The highest BCUT2D eigenvalue weighted by atomic mass is 79.9. The van der Waals surface area contributed by atoms with E-state index in [1.807, 2.05) is 6.20 Å². The maximum absolute atomic E-state index is 4.29. The van der Waals surface area contributed by atoms with Gasteiger partial charge in [-0.15, -0.1) is 0 Å². The molecule has 0 aromatic carbocycles. The maximum Gasteiger partial charge on any atom is 0.111 e. The molecule has 76 valence electrons. The summed E-state index contributed by atoms with van der Waals surface area (Å²) in [5, 5.41) is 3.55. The molecule has 0 saturated carbocycles. The van der Waals surface area contributed by atoms with E-state index in [9.17, 15) is 0 Å². The van der Waals surface area contributed by atoms with Gasteiger partial charge in [-0.25, -0.2) is 4.98 Å². The van der Waals surface area contributed by atoms with Crippen LogP contribution in [0.25, 0.3) is 0 Å². The van der Waals surface area contributed by atoms with E-state index in [1.165, 1.54) is 30.4 Å². The van der Waals surface area contributed by atoms with Crippen LogP contribution >= 0.6 is 15.9 Å². The van der Waals surface area contributed by atoms with Gasteiger partial charge in [-0.1, -0.05) is 6.42 Å². The fourth-order valence-electron chi connectivity index (χ4n) is 2.05. The van der Waals surface area contributed by atoms with Crippen LogP contribution in [0.1, 0.15) is 36.4 Å². The molecule has 0 aliphatic carbocycles. The van der Waals surface area contributed by atoms with Crippen LogP contribution in [0, 0.1) is 6.92 Å². The van der Waals surface area contributed by atoms with E-state index in [-0.39, 0.29) is 0 Å². The normalized spacial score (nSPS) is 22.3. The molecule has 1 fully saturated rings. The number of pyridine rings is 1. The highest BCUT2D eigenvalue weighted by Gasteiger charge is 2.19. The second-order valence-electron chi connectivity index (χ2n) is 3.83. The number of aryl methyl sites for hydroxylation is 1. The average molecular weight is 255 g/mol. The Morgan fingerprint density at radius 2 is 2.36 bits per heavy atom. The van der Waals surface area contributed by atoms with Crippen molar-refractivity contribution < 1.29 is 0 Å². The lowest BCUT2D eigenvalue weighted by Crippen LogP contribution is -2.27. The zero-order valence-electron chi connectivity index (χ0n) is 8.39. The van der Waals surface area contributed by atoms with Crippen molar-refractivity contribution in [3.8, 4) is 0 Å². The third-order valence-electron chi connectivity index (χ3n) is 2.82. The van der Waals surface area contributed by atoms with Crippen LogP contribution in [0.5, 0.6) is 0 Å². The Kier molecular flexibility index (Phi) is 3.19. The molecule has 0 amide bonds. The monoisotopic (exact) mass is 254 g/mol. The van der Waals surface area contributed by atoms with Crippen molar-refractivity contribution in [3.63, 3.8) is 0 Å². The van der Waals surface area contributed by atoms with E-state index in [4.69, 9.17) is 0 Å². The smallest absolute Gasteiger partial charge is 0.111 e. The molecule has 3 heteroatoms. The first-order valence-corrected chi connectivity index (χ1v) is 5.92. The number of hydrogen-bond acceptors (Lipinski definition) is 2. The van der Waals surface area contributed by atoms with Crippen molar-refractivity contribution in [1.82, 2.24) is 10.3 Å². The van der Waals surface area contributed by atoms with E-state index in [1.54, 1.807) is 0 Å². The van der Waals surface area contributed by atoms with Crippen LogP contribution in [0.3, 0.4) is 0 Å². The molecule has 2 heterocycles. The Labute approximate surface area is 93.3 Å². The number of aromatic nitrogens is 1. The Balaban J connectivity index is 2.29. The average Bonchev–Trinajstić information content (AvgIpc) is 2.19. The molecule has 1 aromatic rings. The summed E-state index contributed by atoms with van der Waals surface area (Å²) < 4.78 is 0.997. The molecular formula is C11H15BrN2. The first-order chi connectivity index (χ1) is 6.79. The molecule has 1 N–H and O–H groups in total. The number of hydrogen-bond donors (Lipinski definition) is 1. The van der Waals surface area contributed by atoms with Gasteiger partial charge in [-0.05, 0) is 53.9 Å². The van der Waals surface area contributed by atoms with Crippen molar-refractivity contribution >= 4 is 15.9 Å². The van der Waals surface area contributed by atoms with Gasteiger partial charge in [0.05, 0.1) is 0 Å². The lowest BCUT2D eigenvalue weighted by Gasteiger charge is -2.25. The molecule has 1 saturated heterocycles. The largest absolute Gasteiger partial charge is 0.310 e. The van der Waals surface area contributed by atoms with Crippen LogP contribution in [0.2, 0.25) is 0 Å². The maximum atomic E-state index is 4.29. The summed E-state index contributed by atoms with van der Waals surface area (Å²) >= 11 is 3.53. The predicted molar refractivity (Wildman–Crippen MR) is 61.3 cm³/mol. The van der Waals surface area contributed by atoms with Gasteiger partial charge in [0.25, 0.3) is 0 Å². The second kappa shape index (κ2) is 4.41. The zero-order chi connectivity index (χ0) is 9.97. The summed E-state index contributed by atoms with van der Waals surface area (Å²) in [6.07, 6.45) is 5.70. The van der Waals surface area contributed by atoms with Gasteiger partial charge in [0.2, 0.25) is 0 Å². The summed E-state index contributed by atoms with van der Waals surface area (Å²) in [5.41, 5.74) is 2.67. The number of halogens is 1. The van der Waals surface area contributed by atoms with Crippen molar-refractivity contribution in [2.75, 3.05) is 6.54 Å². The van der Waals surface area contributed by atoms with Crippen molar-refractivity contribution in [3.05, 3.63) is 28.0 Å². The third-order valence-corrected chi connectivity index (χ3v) is 3.45. The number of piperidine rings is 1. The van der Waals surface area contributed by atoms with Crippen LogP contribution in [0.15, 0.2) is 16.9 Å². The summed E-state index contributed by atoms with van der Waals surface area (Å²) in [6.45, 7) is 3.28. The van der Waals surface area contributed by atoms with E-state index in [2.05, 4.69) is 39.2 Å². The highest BCUT2D eigenvalue weighted by Crippen LogP contribution is 2.29. The lowest BCUT2D eigenvalue weighted by molar-refractivity contribution is 0.409. The van der Waals surface area contributed by atoms with E-state index in [0.29, 0.717) is 6.04 Å². The fourth-order valence-corrected chi connectivity index (χ4v) is 2.76. The van der Waals surface area contributed by atoms with Gasteiger partial charge in [-0.2, -0.15) is 0 Å².